The summed E-state index contributed by atoms with van der Waals surface area (Å²) < 4.78 is 4.89. The molecule has 0 spiro atoms. The summed E-state index contributed by atoms with van der Waals surface area (Å²) in [6.07, 6.45) is 0. The molecule has 0 saturated heterocycles. The summed E-state index contributed by atoms with van der Waals surface area (Å²) >= 11 is 0. The molecule has 4 heteroatoms. The predicted molar refractivity (Wildman–Crippen MR) is 483 cm³/mol. The number of hydrogen-bond donors (Lipinski definition) is 0. The highest BCUT2D eigenvalue weighted by Gasteiger charge is 2.24. The van der Waals surface area contributed by atoms with E-state index in [2.05, 4.69) is 468 Å². The van der Waals surface area contributed by atoms with Gasteiger partial charge in [0.15, 0.2) is 0 Å². The lowest BCUT2D eigenvalue weighted by Gasteiger charge is -2.30. The van der Waals surface area contributed by atoms with Gasteiger partial charge in [-0.05, 0) is 227 Å². The number of anilines is 6. The van der Waals surface area contributed by atoms with Crippen molar-refractivity contribution in [1.82, 2.24) is 9.13 Å². The van der Waals surface area contributed by atoms with E-state index >= 15 is 0 Å². The van der Waals surface area contributed by atoms with Gasteiger partial charge in [-0.1, -0.05) is 322 Å². The zero-order valence-corrected chi connectivity index (χ0v) is 62.5. The molecule has 0 aliphatic rings. The molecule has 19 aromatic carbocycles. The van der Waals surface area contributed by atoms with Crippen molar-refractivity contribution in [2.45, 2.75) is 0 Å². The van der Waals surface area contributed by atoms with E-state index in [1.807, 2.05) is 0 Å². The van der Waals surface area contributed by atoms with Gasteiger partial charge < -0.3 is 18.9 Å². The maximum Gasteiger partial charge on any atom is 0.0541 e. The average Bonchev–Trinajstić information content (AvgIpc) is 1.45. The van der Waals surface area contributed by atoms with E-state index in [0.29, 0.717) is 0 Å². The third-order valence-corrected chi connectivity index (χ3v) is 22.9. The normalized spacial score (nSPS) is 11.5. The van der Waals surface area contributed by atoms with Crippen molar-refractivity contribution in [2.24, 2.45) is 0 Å². The molecular formula is C110H74N4. The fraction of sp³-hybridized carbons (Fsp3) is 0. The Labute approximate surface area is 663 Å². The molecule has 0 N–H and O–H groups in total. The van der Waals surface area contributed by atoms with Gasteiger partial charge in [0.2, 0.25) is 0 Å². The molecule has 0 atom stereocenters. The first-order valence-electron chi connectivity index (χ1n) is 39.2. The van der Waals surface area contributed by atoms with Crippen molar-refractivity contribution < 1.29 is 0 Å². The Morgan fingerprint density at radius 2 is 0.368 bits per heavy atom. The zero-order chi connectivity index (χ0) is 75.4. The van der Waals surface area contributed by atoms with Crippen LogP contribution in [0, 0.1) is 0 Å². The van der Waals surface area contributed by atoms with E-state index < -0.39 is 0 Å². The first-order valence-corrected chi connectivity index (χ1v) is 39.2. The smallest absolute Gasteiger partial charge is 0.0541 e. The quantitative estimate of drug-likeness (QED) is 0.0959. The summed E-state index contributed by atoms with van der Waals surface area (Å²) in [7, 11) is 0. The maximum absolute atomic E-state index is 2.45. The third-order valence-electron chi connectivity index (χ3n) is 22.9. The van der Waals surface area contributed by atoms with Gasteiger partial charge >= 0.3 is 0 Å². The van der Waals surface area contributed by atoms with E-state index in [9.17, 15) is 0 Å². The molecule has 2 aromatic heterocycles. The zero-order valence-electron chi connectivity index (χ0n) is 62.5. The number of rotatable bonds is 16. The highest BCUT2D eigenvalue weighted by atomic mass is 15.2. The molecule has 0 fully saturated rings. The first kappa shape index (κ1) is 67.0. The third kappa shape index (κ3) is 12.3. The SMILES string of the molecule is c1ccc(-c2ccc(-c3ccc4c(c3)c3cc(-c5ccc(-c6ccccc6)cc5)ccc3n4-c3ccc(N(c4cccc(N(c5ccc(-n6c7ccc(-c8ccc(-c9ccccc9)cc8)cc7c7cc(-c8ccc(-c9ccccc9)cc8)ccc76)cc5)c5cccc6ccccc56)c4)c4cccc5ccccc45)cc3)cc2)cc1. The van der Waals surface area contributed by atoms with Crippen LogP contribution in [0.2, 0.25) is 0 Å². The second kappa shape index (κ2) is 28.7. The Morgan fingerprint density at radius 1 is 0.140 bits per heavy atom. The molecule has 0 amide bonds. The van der Waals surface area contributed by atoms with Crippen LogP contribution in [-0.4, -0.2) is 9.13 Å². The Bertz CT molecular complexity index is 6410. The molecule has 2 heterocycles. The molecule has 114 heavy (non-hydrogen) atoms. The van der Waals surface area contributed by atoms with E-state index in [4.69, 9.17) is 0 Å². The molecule has 534 valence electrons. The topological polar surface area (TPSA) is 16.3 Å². The van der Waals surface area contributed by atoms with Crippen LogP contribution in [0.25, 0.3) is 166 Å². The van der Waals surface area contributed by atoms with E-state index in [0.717, 1.165) is 78.3 Å². The molecule has 0 radical (unpaired) electrons. The van der Waals surface area contributed by atoms with Gasteiger partial charge in [0.1, 0.15) is 0 Å². The van der Waals surface area contributed by atoms with Gasteiger partial charge in [-0.3, -0.25) is 0 Å². The van der Waals surface area contributed by atoms with Gasteiger partial charge in [0, 0.05) is 66.4 Å². The Morgan fingerprint density at radius 3 is 0.658 bits per heavy atom. The van der Waals surface area contributed by atoms with Gasteiger partial charge in [-0.15, -0.1) is 0 Å². The van der Waals surface area contributed by atoms with Crippen molar-refractivity contribution >= 4 is 99.3 Å². The summed E-state index contributed by atoms with van der Waals surface area (Å²) in [5, 5.41) is 9.42. The van der Waals surface area contributed by atoms with Gasteiger partial charge in [0.05, 0.1) is 33.4 Å². The number of aromatic nitrogens is 2. The molecule has 0 saturated carbocycles. The fourth-order valence-electron chi connectivity index (χ4n) is 17.2. The summed E-state index contributed by atoms with van der Waals surface area (Å²) in [4.78, 5) is 4.88. The Balaban J connectivity index is 0.673. The Kier molecular flexibility index (Phi) is 16.9. The Hall–Kier alpha value is -15.1. The van der Waals surface area contributed by atoms with Crippen LogP contribution >= 0.6 is 0 Å². The van der Waals surface area contributed by atoms with Crippen molar-refractivity contribution in [2.75, 3.05) is 9.80 Å². The second-order valence-electron chi connectivity index (χ2n) is 29.6. The molecular weight excluding hydrogens is 1380 g/mol. The molecule has 0 unspecified atom stereocenters. The van der Waals surface area contributed by atoms with Crippen molar-refractivity contribution in [1.29, 1.82) is 0 Å². The van der Waals surface area contributed by atoms with Gasteiger partial charge in [-0.25, -0.2) is 0 Å². The monoisotopic (exact) mass is 1450 g/mol. The number of nitrogens with zero attached hydrogens (tertiary/aromatic N) is 4. The summed E-state index contributed by atoms with van der Waals surface area (Å²) in [5.41, 5.74) is 32.0. The van der Waals surface area contributed by atoms with Crippen LogP contribution in [0.15, 0.2) is 449 Å². The highest BCUT2D eigenvalue weighted by molar-refractivity contribution is 6.14. The number of hydrogen-bond acceptors (Lipinski definition) is 2. The first-order chi connectivity index (χ1) is 56.5. The fourth-order valence-corrected chi connectivity index (χ4v) is 17.2. The standard InChI is InChI=1S/C110H74N4/c1-5-20-75(21-6-1)79-38-46-83(47-39-79)89-54-66-107-101(70-89)102-71-90(84-48-40-80(41-49-84)76-22-7-2-8-23-76)55-67-108(102)113(107)95-62-58-93(59-63-95)111(105-36-17-30-87-28-13-15-34-99(87)105)97-32-19-33-98(74-97)112(106-37-18-31-88-29-14-16-35-100(88)106)94-60-64-96(65-61-94)114-109-68-56-91(85-50-42-81(43-51-85)77-24-9-3-10-25-77)72-103(109)104-73-92(57-69-110(104)114)86-52-44-82(45-53-86)78-26-11-4-12-27-78/h1-74H. The van der Waals surface area contributed by atoms with Crippen molar-refractivity contribution in [3.05, 3.63) is 449 Å². The van der Waals surface area contributed by atoms with E-state index in [1.165, 1.54) is 121 Å². The molecule has 4 nitrogen and oxygen atoms in total. The van der Waals surface area contributed by atoms with E-state index in [1.54, 1.807) is 0 Å². The van der Waals surface area contributed by atoms with Crippen LogP contribution < -0.4 is 9.80 Å². The van der Waals surface area contributed by atoms with Crippen molar-refractivity contribution in [3.8, 4) is 100 Å². The predicted octanol–water partition coefficient (Wildman–Crippen LogP) is 30.5. The van der Waals surface area contributed by atoms with E-state index in [-0.39, 0.29) is 0 Å². The summed E-state index contributed by atoms with van der Waals surface area (Å²) in [5.74, 6) is 0. The number of benzene rings is 19. The van der Waals surface area contributed by atoms with Crippen LogP contribution in [0.3, 0.4) is 0 Å². The lowest BCUT2D eigenvalue weighted by molar-refractivity contribution is 1.17. The molecule has 0 aliphatic carbocycles. The lowest BCUT2D eigenvalue weighted by atomic mass is 9.97. The van der Waals surface area contributed by atoms with Crippen molar-refractivity contribution in [3.63, 3.8) is 0 Å². The van der Waals surface area contributed by atoms with Gasteiger partial charge in [0.25, 0.3) is 0 Å². The molecule has 0 bridgehead atoms. The average molecular weight is 1450 g/mol. The molecule has 21 aromatic rings. The van der Waals surface area contributed by atoms with Gasteiger partial charge in [-0.2, -0.15) is 0 Å². The highest BCUT2D eigenvalue weighted by Crippen LogP contribution is 2.47. The summed E-state index contributed by atoms with van der Waals surface area (Å²) in [6, 6.07) is 165. The largest absolute Gasteiger partial charge is 0.310 e. The van der Waals surface area contributed by atoms with Crippen LogP contribution in [0.4, 0.5) is 34.1 Å². The molecule has 0 aliphatic heterocycles. The minimum absolute atomic E-state index is 1.02. The maximum atomic E-state index is 2.45. The number of fused-ring (bicyclic) bond motifs is 8. The lowest BCUT2D eigenvalue weighted by Crippen LogP contribution is -2.14. The van der Waals surface area contributed by atoms with Crippen LogP contribution in [0.1, 0.15) is 0 Å². The minimum atomic E-state index is 1.02. The minimum Gasteiger partial charge on any atom is -0.310 e. The summed E-state index contributed by atoms with van der Waals surface area (Å²) in [6.45, 7) is 0. The second-order valence-corrected chi connectivity index (χ2v) is 29.6. The van der Waals surface area contributed by atoms with Crippen LogP contribution in [-0.2, 0) is 0 Å². The van der Waals surface area contributed by atoms with Crippen LogP contribution in [0.5, 0.6) is 0 Å². The molecule has 21 rings (SSSR count).